The summed E-state index contributed by atoms with van der Waals surface area (Å²) in [5, 5.41) is 16.0. The smallest absolute Gasteiger partial charge is 0.335 e. The van der Waals surface area contributed by atoms with Gasteiger partial charge in [0.05, 0.1) is 16.9 Å². The van der Waals surface area contributed by atoms with E-state index in [1.54, 1.807) is 23.5 Å². The van der Waals surface area contributed by atoms with Crippen LogP contribution in [0.4, 0.5) is 11.4 Å². The molecule has 0 aliphatic heterocycles. The first kappa shape index (κ1) is 11.5. The molecule has 0 spiro atoms. The zero-order chi connectivity index (χ0) is 12.3. The van der Waals surface area contributed by atoms with E-state index in [0.29, 0.717) is 17.9 Å². The van der Waals surface area contributed by atoms with Crippen molar-refractivity contribution >= 4 is 28.7 Å². The SMILES string of the molecule is Nc1ccc(C(=O)O)cc1NCc1ccsc1. The number of thiophene rings is 1. The molecule has 0 fully saturated rings. The Hall–Kier alpha value is -2.01. The van der Waals surface area contributed by atoms with Gasteiger partial charge >= 0.3 is 5.97 Å². The molecule has 2 rings (SSSR count). The second-order valence-corrected chi connectivity index (χ2v) is 4.37. The van der Waals surface area contributed by atoms with Crippen molar-refractivity contribution in [2.24, 2.45) is 0 Å². The number of anilines is 2. The monoisotopic (exact) mass is 248 g/mol. The number of hydrogen-bond donors (Lipinski definition) is 3. The molecule has 0 bridgehead atoms. The number of rotatable bonds is 4. The molecule has 1 heterocycles. The molecule has 0 radical (unpaired) electrons. The number of nitrogens with two attached hydrogens (primary N) is 1. The van der Waals surface area contributed by atoms with Crippen LogP contribution in [0.15, 0.2) is 35.0 Å². The summed E-state index contributed by atoms with van der Waals surface area (Å²) in [5.74, 6) is -0.955. The zero-order valence-corrected chi connectivity index (χ0v) is 9.83. The Bertz CT molecular complexity index is 523. The summed E-state index contributed by atoms with van der Waals surface area (Å²) in [7, 11) is 0. The summed E-state index contributed by atoms with van der Waals surface area (Å²) in [4.78, 5) is 10.8. The standard InChI is InChI=1S/C12H12N2O2S/c13-10-2-1-9(12(15)16)5-11(10)14-6-8-3-4-17-7-8/h1-5,7,14H,6,13H2,(H,15,16). The Morgan fingerprint density at radius 2 is 2.24 bits per heavy atom. The number of hydrogen-bond acceptors (Lipinski definition) is 4. The molecule has 1 aromatic carbocycles. The second-order valence-electron chi connectivity index (χ2n) is 3.59. The average molecular weight is 248 g/mol. The van der Waals surface area contributed by atoms with Crippen molar-refractivity contribution in [1.29, 1.82) is 0 Å². The molecule has 17 heavy (non-hydrogen) atoms. The fourth-order valence-electron chi connectivity index (χ4n) is 1.43. The van der Waals surface area contributed by atoms with Crippen LogP contribution >= 0.6 is 11.3 Å². The molecule has 0 saturated heterocycles. The highest BCUT2D eigenvalue weighted by Gasteiger charge is 2.06. The van der Waals surface area contributed by atoms with Gasteiger partial charge in [0.25, 0.3) is 0 Å². The van der Waals surface area contributed by atoms with Crippen LogP contribution in [0.2, 0.25) is 0 Å². The molecule has 5 heteroatoms. The van der Waals surface area contributed by atoms with Crippen LogP contribution in [-0.2, 0) is 6.54 Å². The summed E-state index contributed by atoms with van der Waals surface area (Å²) < 4.78 is 0. The Balaban J connectivity index is 2.14. The van der Waals surface area contributed by atoms with E-state index in [9.17, 15) is 4.79 Å². The fraction of sp³-hybridized carbons (Fsp3) is 0.0833. The summed E-state index contributed by atoms with van der Waals surface area (Å²) in [6.45, 7) is 0.636. The highest BCUT2D eigenvalue weighted by atomic mass is 32.1. The number of benzene rings is 1. The van der Waals surface area contributed by atoms with E-state index in [-0.39, 0.29) is 5.56 Å². The summed E-state index contributed by atoms with van der Waals surface area (Å²) in [5.41, 5.74) is 8.35. The first-order chi connectivity index (χ1) is 8.16. The van der Waals surface area contributed by atoms with E-state index < -0.39 is 5.97 Å². The van der Waals surface area contributed by atoms with Crippen LogP contribution in [0.25, 0.3) is 0 Å². The van der Waals surface area contributed by atoms with Gasteiger partial charge in [0.15, 0.2) is 0 Å². The van der Waals surface area contributed by atoms with E-state index >= 15 is 0 Å². The zero-order valence-electron chi connectivity index (χ0n) is 9.01. The van der Waals surface area contributed by atoms with Crippen molar-refractivity contribution in [3.63, 3.8) is 0 Å². The van der Waals surface area contributed by atoms with Crippen LogP contribution in [0.5, 0.6) is 0 Å². The molecule has 4 N–H and O–H groups in total. The van der Waals surface area contributed by atoms with Gasteiger partial charge in [-0.2, -0.15) is 11.3 Å². The third-order valence-corrected chi connectivity index (χ3v) is 3.10. The molecular weight excluding hydrogens is 236 g/mol. The molecule has 0 aliphatic rings. The number of carbonyl (C=O) groups is 1. The van der Waals surface area contributed by atoms with E-state index in [1.807, 2.05) is 16.8 Å². The Morgan fingerprint density at radius 3 is 2.88 bits per heavy atom. The quantitative estimate of drug-likeness (QED) is 0.727. The van der Waals surface area contributed by atoms with E-state index in [1.165, 1.54) is 6.07 Å². The lowest BCUT2D eigenvalue weighted by Gasteiger charge is -2.09. The Morgan fingerprint density at radius 1 is 1.41 bits per heavy atom. The maximum atomic E-state index is 10.8. The molecule has 1 aromatic heterocycles. The summed E-state index contributed by atoms with van der Waals surface area (Å²) in [6, 6.07) is 6.64. The van der Waals surface area contributed by atoms with Gasteiger partial charge in [0, 0.05) is 6.54 Å². The molecule has 0 amide bonds. The van der Waals surface area contributed by atoms with Crippen LogP contribution in [-0.4, -0.2) is 11.1 Å². The molecule has 2 aromatic rings. The predicted molar refractivity (Wildman–Crippen MR) is 69.5 cm³/mol. The van der Waals surface area contributed by atoms with Crippen molar-refractivity contribution in [2.75, 3.05) is 11.1 Å². The van der Waals surface area contributed by atoms with Crippen LogP contribution < -0.4 is 11.1 Å². The lowest BCUT2D eigenvalue weighted by Crippen LogP contribution is -2.04. The van der Waals surface area contributed by atoms with Gasteiger partial charge in [0.1, 0.15) is 0 Å². The van der Waals surface area contributed by atoms with Crippen LogP contribution in [0, 0.1) is 0 Å². The summed E-state index contributed by atoms with van der Waals surface area (Å²) >= 11 is 1.62. The van der Waals surface area contributed by atoms with E-state index in [2.05, 4.69) is 5.32 Å². The van der Waals surface area contributed by atoms with Crippen molar-refractivity contribution in [1.82, 2.24) is 0 Å². The van der Waals surface area contributed by atoms with E-state index in [4.69, 9.17) is 10.8 Å². The predicted octanol–water partition coefficient (Wildman–Crippen LogP) is 2.64. The van der Waals surface area contributed by atoms with Gasteiger partial charge in [0.2, 0.25) is 0 Å². The topological polar surface area (TPSA) is 75.4 Å². The number of carboxylic acids is 1. The third-order valence-electron chi connectivity index (χ3n) is 2.36. The first-order valence-electron chi connectivity index (χ1n) is 5.04. The second kappa shape index (κ2) is 4.88. The molecule has 0 atom stereocenters. The summed E-state index contributed by atoms with van der Waals surface area (Å²) in [6.07, 6.45) is 0. The average Bonchev–Trinajstić information content (AvgIpc) is 2.80. The Labute approximate surface area is 103 Å². The molecule has 4 nitrogen and oxygen atoms in total. The minimum atomic E-state index is -0.955. The number of aromatic carboxylic acids is 1. The fourth-order valence-corrected chi connectivity index (χ4v) is 2.10. The van der Waals surface area contributed by atoms with Crippen LogP contribution in [0.3, 0.4) is 0 Å². The maximum Gasteiger partial charge on any atom is 0.335 e. The van der Waals surface area contributed by atoms with Crippen molar-refractivity contribution in [3.05, 3.63) is 46.2 Å². The van der Waals surface area contributed by atoms with Crippen molar-refractivity contribution < 1.29 is 9.90 Å². The molecule has 0 aliphatic carbocycles. The van der Waals surface area contributed by atoms with E-state index in [0.717, 1.165) is 5.56 Å². The maximum absolute atomic E-state index is 10.8. The minimum Gasteiger partial charge on any atom is -0.478 e. The van der Waals surface area contributed by atoms with Gasteiger partial charge in [-0.15, -0.1) is 0 Å². The van der Waals surface area contributed by atoms with Crippen molar-refractivity contribution in [2.45, 2.75) is 6.54 Å². The normalized spacial score (nSPS) is 10.1. The van der Waals surface area contributed by atoms with Gasteiger partial charge in [-0.3, -0.25) is 0 Å². The highest BCUT2D eigenvalue weighted by molar-refractivity contribution is 7.07. The highest BCUT2D eigenvalue weighted by Crippen LogP contribution is 2.21. The lowest BCUT2D eigenvalue weighted by molar-refractivity contribution is 0.0697. The van der Waals surface area contributed by atoms with Gasteiger partial charge in [-0.25, -0.2) is 4.79 Å². The van der Waals surface area contributed by atoms with Gasteiger partial charge in [-0.1, -0.05) is 0 Å². The number of nitrogen functional groups attached to an aromatic ring is 1. The van der Waals surface area contributed by atoms with Crippen molar-refractivity contribution in [3.8, 4) is 0 Å². The third kappa shape index (κ3) is 2.76. The minimum absolute atomic E-state index is 0.229. The lowest BCUT2D eigenvalue weighted by atomic mass is 10.1. The first-order valence-corrected chi connectivity index (χ1v) is 5.99. The molecule has 0 unspecified atom stereocenters. The van der Waals surface area contributed by atoms with Gasteiger partial charge in [-0.05, 0) is 40.6 Å². The van der Waals surface area contributed by atoms with Crippen LogP contribution in [0.1, 0.15) is 15.9 Å². The molecular formula is C12H12N2O2S. The largest absolute Gasteiger partial charge is 0.478 e. The van der Waals surface area contributed by atoms with Gasteiger partial charge < -0.3 is 16.2 Å². The number of carboxylic acid groups (broad SMARTS) is 1. The molecule has 0 saturated carbocycles. The number of nitrogens with one attached hydrogen (secondary N) is 1. The Kier molecular flexibility index (Phi) is 3.30. The molecule has 88 valence electrons.